The van der Waals surface area contributed by atoms with Crippen LogP contribution in [-0.2, 0) is 11.2 Å². The van der Waals surface area contributed by atoms with Crippen molar-refractivity contribution in [2.75, 3.05) is 6.54 Å². The number of rotatable bonds is 6. The number of carbonyl (C=O) groups excluding carboxylic acids is 1. The van der Waals surface area contributed by atoms with Gasteiger partial charge < -0.3 is 5.32 Å². The SMILES string of the molecule is CC(CNC(=O)Cc1csc(-c2cccs2)n1)c1ccccc1. The molecule has 1 aromatic carbocycles. The summed E-state index contributed by atoms with van der Waals surface area (Å²) in [5.41, 5.74) is 2.07. The van der Waals surface area contributed by atoms with E-state index in [-0.39, 0.29) is 5.91 Å². The molecule has 0 bridgehead atoms. The van der Waals surface area contributed by atoms with Crippen molar-refractivity contribution in [1.82, 2.24) is 10.3 Å². The van der Waals surface area contributed by atoms with E-state index in [4.69, 9.17) is 0 Å². The first-order chi connectivity index (χ1) is 11.2. The first-order valence-corrected chi connectivity index (χ1v) is 9.28. The van der Waals surface area contributed by atoms with Crippen molar-refractivity contribution >= 4 is 28.6 Å². The summed E-state index contributed by atoms with van der Waals surface area (Å²) in [5.74, 6) is 0.327. The average molecular weight is 342 g/mol. The third-order valence-corrected chi connectivity index (χ3v) is 5.53. The number of nitrogens with one attached hydrogen (secondary N) is 1. The first kappa shape index (κ1) is 15.9. The van der Waals surface area contributed by atoms with Gasteiger partial charge in [0.25, 0.3) is 0 Å². The van der Waals surface area contributed by atoms with Gasteiger partial charge in [-0.3, -0.25) is 4.79 Å². The predicted molar refractivity (Wildman–Crippen MR) is 97.0 cm³/mol. The summed E-state index contributed by atoms with van der Waals surface area (Å²) < 4.78 is 0. The van der Waals surface area contributed by atoms with Crippen molar-refractivity contribution in [2.45, 2.75) is 19.3 Å². The van der Waals surface area contributed by atoms with Gasteiger partial charge in [-0.25, -0.2) is 4.98 Å². The summed E-state index contributed by atoms with van der Waals surface area (Å²) in [4.78, 5) is 17.8. The summed E-state index contributed by atoms with van der Waals surface area (Å²) in [6, 6.07) is 14.3. The lowest BCUT2D eigenvalue weighted by atomic mass is 10.0. The van der Waals surface area contributed by atoms with Crippen molar-refractivity contribution in [3.63, 3.8) is 0 Å². The molecular weight excluding hydrogens is 324 g/mol. The van der Waals surface area contributed by atoms with Gasteiger partial charge in [0.2, 0.25) is 5.91 Å². The molecule has 3 rings (SSSR count). The lowest BCUT2D eigenvalue weighted by molar-refractivity contribution is -0.120. The number of benzene rings is 1. The predicted octanol–water partition coefficient (Wildman–Crippen LogP) is 4.33. The van der Waals surface area contributed by atoms with Gasteiger partial charge in [0.05, 0.1) is 17.0 Å². The maximum absolute atomic E-state index is 12.1. The van der Waals surface area contributed by atoms with Crippen molar-refractivity contribution in [3.05, 3.63) is 64.5 Å². The van der Waals surface area contributed by atoms with Gasteiger partial charge in [-0.15, -0.1) is 22.7 Å². The number of thiophene rings is 1. The van der Waals surface area contributed by atoms with E-state index in [2.05, 4.69) is 35.4 Å². The molecule has 5 heteroatoms. The number of hydrogen-bond donors (Lipinski definition) is 1. The maximum atomic E-state index is 12.1. The number of carbonyl (C=O) groups is 1. The van der Waals surface area contributed by atoms with E-state index >= 15 is 0 Å². The molecule has 0 saturated carbocycles. The largest absolute Gasteiger partial charge is 0.355 e. The highest BCUT2D eigenvalue weighted by atomic mass is 32.1. The number of aromatic nitrogens is 1. The zero-order valence-corrected chi connectivity index (χ0v) is 14.5. The van der Waals surface area contributed by atoms with Gasteiger partial charge >= 0.3 is 0 Å². The fourth-order valence-corrected chi connectivity index (χ4v) is 3.93. The molecule has 0 aliphatic carbocycles. The third kappa shape index (κ3) is 4.27. The van der Waals surface area contributed by atoms with Crippen molar-refractivity contribution < 1.29 is 4.79 Å². The van der Waals surface area contributed by atoms with E-state index in [0.717, 1.165) is 15.6 Å². The van der Waals surface area contributed by atoms with Crippen LogP contribution in [-0.4, -0.2) is 17.4 Å². The van der Waals surface area contributed by atoms with E-state index < -0.39 is 0 Å². The van der Waals surface area contributed by atoms with Gasteiger partial charge in [0.1, 0.15) is 5.01 Å². The van der Waals surface area contributed by atoms with Crippen LogP contribution in [0.25, 0.3) is 9.88 Å². The van der Waals surface area contributed by atoms with Crippen LogP contribution in [0.4, 0.5) is 0 Å². The zero-order valence-electron chi connectivity index (χ0n) is 12.9. The van der Waals surface area contributed by atoms with Gasteiger partial charge in [-0.05, 0) is 22.9 Å². The van der Waals surface area contributed by atoms with Crippen LogP contribution >= 0.6 is 22.7 Å². The molecule has 3 nitrogen and oxygen atoms in total. The lowest BCUT2D eigenvalue weighted by Crippen LogP contribution is -2.28. The van der Waals surface area contributed by atoms with E-state index in [9.17, 15) is 4.79 Å². The molecule has 2 heterocycles. The highest BCUT2D eigenvalue weighted by Crippen LogP contribution is 2.27. The summed E-state index contributed by atoms with van der Waals surface area (Å²) in [7, 11) is 0. The molecular formula is C18H18N2OS2. The molecule has 1 amide bonds. The van der Waals surface area contributed by atoms with Crippen LogP contribution in [0.5, 0.6) is 0 Å². The quantitative estimate of drug-likeness (QED) is 0.724. The molecule has 0 fully saturated rings. The van der Waals surface area contributed by atoms with Crippen LogP contribution in [0.15, 0.2) is 53.2 Å². The highest BCUT2D eigenvalue weighted by Gasteiger charge is 2.11. The molecule has 0 spiro atoms. The van der Waals surface area contributed by atoms with Crippen LogP contribution in [0.1, 0.15) is 24.1 Å². The Morgan fingerprint density at radius 1 is 1.17 bits per heavy atom. The molecule has 0 aliphatic heterocycles. The van der Waals surface area contributed by atoms with Gasteiger partial charge in [-0.2, -0.15) is 0 Å². The summed E-state index contributed by atoms with van der Waals surface area (Å²) in [5, 5.41) is 7.99. The number of amides is 1. The molecule has 1 atom stereocenters. The Hall–Kier alpha value is -1.98. The zero-order chi connectivity index (χ0) is 16.1. The monoisotopic (exact) mass is 342 g/mol. The number of hydrogen-bond acceptors (Lipinski definition) is 4. The Morgan fingerprint density at radius 2 is 2.00 bits per heavy atom. The van der Waals surface area contributed by atoms with Crippen LogP contribution in [0, 0.1) is 0 Å². The molecule has 0 radical (unpaired) electrons. The van der Waals surface area contributed by atoms with E-state index in [1.807, 2.05) is 35.0 Å². The summed E-state index contributed by atoms with van der Waals surface area (Å²) in [6.07, 6.45) is 0.337. The second kappa shape index (κ2) is 7.53. The Labute approximate surface area is 144 Å². The van der Waals surface area contributed by atoms with Gasteiger partial charge in [0, 0.05) is 11.9 Å². The Morgan fingerprint density at radius 3 is 2.74 bits per heavy atom. The molecule has 2 aromatic heterocycles. The third-order valence-electron chi connectivity index (χ3n) is 3.60. The van der Waals surface area contributed by atoms with E-state index in [1.54, 1.807) is 22.7 Å². The molecule has 1 unspecified atom stereocenters. The standard InChI is InChI=1S/C18H18N2OS2/c1-13(14-6-3-2-4-7-14)11-19-17(21)10-15-12-23-18(20-15)16-8-5-9-22-16/h2-9,12-13H,10-11H2,1H3,(H,19,21). The smallest absolute Gasteiger partial charge is 0.226 e. The number of thiazole rings is 1. The van der Waals surface area contributed by atoms with E-state index in [0.29, 0.717) is 18.9 Å². The maximum Gasteiger partial charge on any atom is 0.226 e. The first-order valence-electron chi connectivity index (χ1n) is 7.52. The minimum absolute atomic E-state index is 0.0239. The van der Waals surface area contributed by atoms with Crippen molar-refractivity contribution in [3.8, 4) is 9.88 Å². The summed E-state index contributed by atoms with van der Waals surface area (Å²) in [6.45, 7) is 2.76. The summed E-state index contributed by atoms with van der Waals surface area (Å²) >= 11 is 3.26. The molecule has 1 N–H and O–H groups in total. The Balaban J connectivity index is 1.52. The second-order valence-electron chi connectivity index (χ2n) is 5.41. The second-order valence-corrected chi connectivity index (χ2v) is 7.22. The van der Waals surface area contributed by atoms with Gasteiger partial charge in [-0.1, -0.05) is 43.3 Å². The fraction of sp³-hybridized carbons (Fsp3) is 0.222. The molecule has 118 valence electrons. The van der Waals surface area contributed by atoms with Crippen LogP contribution in [0.3, 0.4) is 0 Å². The molecule has 23 heavy (non-hydrogen) atoms. The van der Waals surface area contributed by atoms with Crippen LogP contribution in [0.2, 0.25) is 0 Å². The van der Waals surface area contributed by atoms with Crippen LogP contribution < -0.4 is 5.32 Å². The fourth-order valence-electron chi connectivity index (χ4n) is 2.29. The van der Waals surface area contributed by atoms with E-state index in [1.165, 1.54) is 5.56 Å². The molecule has 3 aromatic rings. The lowest BCUT2D eigenvalue weighted by Gasteiger charge is -2.12. The number of nitrogens with zero attached hydrogens (tertiary/aromatic N) is 1. The minimum atomic E-state index is 0.0239. The van der Waals surface area contributed by atoms with Gasteiger partial charge in [0.15, 0.2) is 0 Å². The highest BCUT2D eigenvalue weighted by molar-refractivity contribution is 7.20. The molecule has 0 saturated heterocycles. The Bertz CT molecular complexity index is 750. The minimum Gasteiger partial charge on any atom is -0.355 e. The van der Waals surface area contributed by atoms with Crippen molar-refractivity contribution in [2.24, 2.45) is 0 Å². The molecule has 0 aliphatic rings. The van der Waals surface area contributed by atoms with Crippen molar-refractivity contribution in [1.29, 1.82) is 0 Å². The normalized spacial score (nSPS) is 12.0. The Kier molecular flexibility index (Phi) is 5.20. The topological polar surface area (TPSA) is 42.0 Å². The average Bonchev–Trinajstić information content (AvgIpc) is 3.24.